The number of nitrogens with one attached hydrogen (secondary N) is 1. The normalized spacial score (nSPS) is 17.5. The van der Waals surface area contributed by atoms with Gasteiger partial charge in [-0.25, -0.2) is 0 Å². The highest BCUT2D eigenvalue weighted by Gasteiger charge is 2.13. The van der Waals surface area contributed by atoms with E-state index in [1.807, 2.05) is 0 Å². The Balaban J connectivity index is 1.88. The first-order valence-corrected chi connectivity index (χ1v) is 8.22. The van der Waals surface area contributed by atoms with Crippen LogP contribution in [0, 0.1) is 5.92 Å². The maximum absolute atomic E-state index is 3.45. The second-order valence-corrected chi connectivity index (χ2v) is 6.05. The molecule has 0 aromatic heterocycles. The zero-order valence-corrected chi connectivity index (χ0v) is 12.7. The largest absolute Gasteiger partial charge is 0.317 e. The number of nitrogens with zero attached hydrogens (tertiary/aromatic N) is 1. The Kier molecular flexibility index (Phi) is 9.59. The van der Waals surface area contributed by atoms with E-state index in [0.717, 1.165) is 5.92 Å². The van der Waals surface area contributed by atoms with Crippen LogP contribution < -0.4 is 5.32 Å². The summed E-state index contributed by atoms with van der Waals surface area (Å²) in [5.74, 6) is 0.984. The van der Waals surface area contributed by atoms with Gasteiger partial charge >= 0.3 is 0 Å². The van der Waals surface area contributed by atoms with Gasteiger partial charge in [-0.15, -0.1) is 0 Å². The van der Waals surface area contributed by atoms with Crippen molar-refractivity contribution in [3.05, 3.63) is 0 Å². The Morgan fingerprint density at radius 2 is 1.61 bits per heavy atom. The van der Waals surface area contributed by atoms with Gasteiger partial charge in [0.25, 0.3) is 0 Å². The molecule has 1 aliphatic heterocycles. The number of hydrogen-bond donors (Lipinski definition) is 1. The minimum Gasteiger partial charge on any atom is -0.317 e. The van der Waals surface area contributed by atoms with Crippen LogP contribution in [0.1, 0.15) is 64.7 Å². The van der Waals surface area contributed by atoms with Crippen molar-refractivity contribution in [2.75, 3.05) is 33.2 Å². The highest BCUT2D eigenvalue weighted by molar-refractivity contribution is 4.69. The van der Waals surface area contributed by atoms with Gasteiger partial charge in [-0.05, 0) is 64.8 Å². The quantitative estimate of drug-likeness (QED) is 0.598. The molecule has 0 unspecified atom stereocenters. The van der Waals surface area contributed by atoms with Gasteiger partial charge in [0.05, 0.1) is 0 Å². The van der Waals surface area contributed by atoms with Gasteiger partial charge in [0.2, 0.25) is 0 Å². The average molecular weight is 254 g/mol. The average Bonchev–Trinajstić information content (AvgIpc) is 2.41. The minimum atomic E-state index is 0.984. The Bertz CT molecular complexity index is 176. The first-order chi connectivity index (χ1) is 8.83. The van der Waals surface area contributed by atoms with E-state index < -0.39 is 0 Å². The molecule has 1 N–H and O–H groups in total. The van der Waals surface area contributed by atoms with E-state index in [-0.39, 0.29) is 0 Å². The molecule has 0 saturated carbocycles. The van der Waals surface area contributed by atoms with Gasteiger partial charge < -0.3 is 10.2 Å². The van der Waals surface area contributed by atoms with Gasteiger partial charge in [-0.3, -0.25) is 0 Å². The third-order valence-electron chi connectivity index (χ3n) is 4.27. The maximum atomic E-state index is 3.45. The van der Waals surface area contributed by atoms with E-state index in [0.29, 0.717) is 0 Å². The SMILES string of the molecule is CCCCCCCCN(C)CCC1CCNCC1. The molecule has 108 valence electrons. The lowest BCUT2D eigenvalue weighted by molar-refractivity contribution is 0.267. The lowest BCUT2D eigenvalue weighted by atomic mass is 9.94. The van der Waals surface area contributed by atoms with E-state index in [9.17, 15) is 0 Å². The van der Waals surface area contributed by atoms with E-state index in [1.165, 1.54) is 84.0 Å². The summed E-state index contributed by atoms with van der Waals surface area (Å²) in [5.41, 5.74) is 0. The highest BCUT2D eigenvalue weighted by Crippen LogP contribution is 2.16. The van der Waals surface area contributed by atoms with Crippen molar-refractivity contribution in [2.45, 2.75) is 64.7 Å². The fourth-order valence-corrected chi connectivity index (χ4v) is 2.85. The molecule has 1 fully saturated rings. The predicted molar refractivity (Wildman–Crippen MR) is 81.1 cm³/mol. The summed E-state index contributed by atoms with van der Waals surface area (Å²) in [7, 11) is 2.30. The molecule has 2 nitrogen and oxygen atoms in total. The Morgan fingerprint density at radius 3 is 2.33 bits per heavy atom. The summed E-state index contributed by atoms with van der Waals surface area (Å²) in [6.45, 7) is 7.38. The van der Waals surface area contributed by atoms with Crippen molar-refractivity contribution in [1.82, 2.24) is 10.2 Å². The first kappa shape index (κ1) is 16.0. The minimum absolute atomic E-state index is 0.984. The van der Waals surface area contributed by atoms with E-state index in [4.69, 9.17) is 0 Å². The standard InChI is InChI=1S/C16H34N2/c1-3-4-5-6-7-8-14-18(2)15-11-16-9-12-17-13-10-16/h16-17H,3-15H2,1-2H3. The van der Waals surface area contributed by atoms with Crippen molar-refractivity contribution in [3.63, 3.8) is 0 Å². The van der Waals surface area contributed by atoms with Crippen LogP contribution in [-0.4, -0.2) is 38.1 Å². The third-order valence-corrected chi connectivity index (χ3v) is 4.27. The van der Waals surface area contributed by atoms with Gasteiger partial charge in [0.15, 0.2) is 0 Å². The Hall–Kier alpha value is -0.0800. The molecule has 0 amide bonds. The van der Waals surface area contributed by atoms with Gasteiger partial charge in [0, 0.05) is 0 Å². The zero-order chi connectivity index (χ0) is 13.1. The molecule has 1 heterocycles. The van der Waals surface area contributed by atoms with Crippen LogP contribution in [0.15, 0.2) is 0 Å². The Labute approximate surface area is 115 Å². The topological polar surface area (TPSA) is 15.3 Å². The second kappa shape index (κ2) is 10.8. The molecule has 1 saturated heterocycles. The number of rotatable bonds is 10. The Morgan fingerprint density at radius 1 is 0.944 bits per heavy atom. The van der Waals surface area contributed by atoms with Gasteiger partial charge in [-0.2, -0.15) is 0 Å². The summed E-state index contributed by atoms with van der Waals surface area (Å²) in [6.07, 6.45) is 12.7. The molecular weight excluding hydrogens is 220 g/mol. The molecule has 1 rings (SSSR count). The third kappa shape index (κ3) is 8.10. The molecule has 0 aromatic rings. The lowest BCUT2D eigenvalue weighted by Gasteiger charge is -2.25. The second-order valence-electron chi connectivity index (χ2n) is 6.05. The monoisotopic (exact) mass is 254 g/mol. The van der Waals surface area contributed by atoms with E-state index in [1.54, 1.807) is 0 Å². The van der Waals surface area contributed by atoms with Crippen molar-refractivity contribution in [1.29, 1.82) is 0 Å². The predicted octanol–water partition coefficient (Wildman–Crippen LogP) is 3.67. The van der Waals surface area contributed by atoms with Crippen molar-refractivity contribution in [2.24, 2.45) is 5.92 Å². The summed E-state index contributed by atoms with van der Waals surface area (Å²) >= 11 is 0. The molecule has 2 heteroatoms. The fraction of sp³-hybridized carbons (Fsp3) is 1.00. The number of piperidine rings is 1. The van der Waals surface area contributed by atoms with Crippen LogP contribution in [0.25, 0.3) is 0 Å². The summed E-state index contributed by atoms with van der Waals surface area (Å²) < 4.78 is 0. The number of hydrogen-bond acceptors (Lipinski definition) is 2. The van der Waals surface area contributed by atoms with E-state index in [2.05, 4.69) is 24.2 Å². The summed E-state index contributed by atoms with van der Waals surface area (Å²) in [5, 5.41) is 3.45. The molecule has 0 radical (unpaired) electrons. The van der Waals surface area contributed by atoms with Crippen molar-refractivity contribution >= 4 is 0 Å². The fourth-order valence-electron chi connectivity index (χ4n) is 2.85. The highest BCUT2D eigenvalue weighted by atomic mass is 15.1. The molecule has 0 bridgehead atoms. The summed E-state index contributed by atoms with van der Waals surface area (Å²) in [4.78, 5) is 2.54. The summed E-state index contributed by atoms with van der Waals surface area (Å²) in [6, 6.07) is 0. The van der Waals surface area contributed by atoms with Crippen molar-refractivity contribution < 1.29 is 0 Å². The van der Waals surface area contributed by atoms with Crippen LogP contribution >= 0.6 is 0 Å². The molecule has 1 aliphatic rings. The molecular formula is C16H34N2. The maximum Gasteiger partial charge on any atom is -0.00191 e. The van der Waals surface area contributed by atoms with Crippen LogP contribution in [0.2, 0.25) is 0 Å². The van der Waals surface area contributed by atoms with E-state index >= 15 is 0 Å². The smallest absolute Gasteiger partial charge is 0.00191 e. The van der Waals surface area contributed by atoms with Crippen LogP contribution in [0.5, 0.6) is 0 Å². The van der Waals surface area contributed by atoms with Crippen LogP contribution in [0.3, 0.4) is 0 Å². The number of unbranched alkanes of at least 4 members (excludes halogenated alkanes) is 5. The van der Waals surface area contributed by atoms with Crippen LogP contribution in [0.4, 0.5) is 0 Å². The first-order valence-electron chi connectivity index (χ1n) is 8.22. The molecule has 0 aliphatic carbocycles. The molecule has 0 spiro atoms. The molecule has 18 heavy (non-hydrogen) atoms. The van der Waals surface area contributed by atoms with Gasteiger partial charge in [-0.1, -0.05) is 39.0 Å². The lowest BCUT2D eigenvalue weighted by Crippen LogP contribution is -2.30. The van der Waals surface area contributed by atoms with Crippen molar-refractivity contribution in [3.8, 4) is 0 Å². The molecule has 0 aromatic carbocycles. The molecule has 0 atom stereocenters. The van der Waals surface area contributed by atoms with Crippen LogP contribution in [-0.2, 0) is 0 Å². The van der Waals surface area contributed by atoms with Gasteiger partial charge in [0.1, 0.15) is 0 Å². The zero-order valence-electron chi connectivity index (χ0n) is 12.7.